The number of ketones is 1. The van der Waals surface area contributed by atoms with Crippen molar-refractivity contribution in [1.82, 2.24) is 5.16 Å². The molecule has 5 rings (SSSR count). The van der Waals surface area contributed by atoms with Crippen LogP contribution in [0.3, 0.4) is 0 Å². The van der Waals surface area contributed by atoms with Gasteiger partial charge in [-0.1, -0.05) is 23.4 Å². The Balaban J connectivity index is 1.29. The van der Waals surface area contributed by atoms with E-state index in [2.05, 4.69) is 14.6 Å². The maximum Gasteiger partial charge on any atom is 0.423 e. The molecule has 0 radical (unpaired) electrons. The van der Waals surface area contributed by atoms with Gasteiger partial charge in [0.1, 0.15) is 34.1 Å². The zero-order valence-electron chi connectivity index (χ0n) is 26.3. The highest BCUT2D eigenvalue weighted by Crippen LogP contribution is 2.40. The highest BCUT2D eigenvalue weighted by molar-refractivity contribution is 7.86. The number of hydrogen-bond donors (Lipinski definition) is 1. The number of ether oxygens (including phenoxy) is 4. The number of aromatic nitrogens is 1. The molecule has 3 aromatic carbocycles. The lowest BCUT2D eigenvalue weighted by atomic mass is 9.92. The molecule has 10 nitrogen and oxygen atoms in total. The van der Waals surface area contributed by atoms with Crippen molar-refractivity contribution >= 4 is 39.2 Å². The Hall–Kier alpha value is -4.51. The van der Waals surface area contributed by atoms with Crippen LogP contribution >= 0.6 is 0 Å². The molecule has 1 saturated heterocycles. The number of fused-ring (bicyclic) bond motifs is 1. The van der Waals surface area contributed by atoms with Crippen LogP contribution in [0.5, 0.6) is 17.2 Å². The third-order valence-electron chi connectivity index (χ3n) is 8.00. The van der Waals surface area contributed by atoms with E-state index in [4.69, 9.17) is 18.7 Å². The van der Waals surface area contributed by atoms with Crippen molar-refractivity contribution in [3.63, 3.8) is 0 Å². The normalized spacial score (nSPS) is 15.0. The maximum atomic E-state index is 13.4. The highest BCUT2D eigenvalue weighted by Gasteiger charge is 2.58. The molecular formula is C32H31F6N3O7S. The number of rotatable bonds is 12. The second kappa shape index (κ2) is 14.5. The minimum atomic E-state index is -5.68. The first-order chi connectivity index (χ1) is 23.2. The van der Waals surface area contributed by atoms with E-state index in [0.29, 0.717) is 46.9 Å². The van der Waals surface area contributed by atoms with Gasteiger partial charge in [0.05, 0.1) is 21.3 Å². The SMILES string of the molecule is COc1cccc(OC)c1S(=O)Nc1noc2cc(-c3cccc(N4CCC(C(=O)COC(C(F)(F)F)C(F)(F)F)CC4)c3)cc(OC)c12. The molecule has 1 aromatic heterocycles. The van der Waals surface area contributed by atoms with Gasteiger partial charge in [-0.05, 0) is 60.4 Å². The van der Waals surface area contributed by atoms with Gasteiger partial charge in [-0.3, -0.25) is 9.52 Å². The first-order valence-electron chi connectivity index (χ1n) is 14.7. The maximum absolute atomic E-state index is 13.4. The quantitative estimate of drug-likeness (QED) is 0.156. The number of carbonyl (C=O) groups excluding carboxylic acids is 1. The molecule has 264 valence electrons. The Labute approximate surface area is 278 Å². The van der Waals surface area contributed by atoms with Crippen LogP contribution in [0.2, 0.25) is 0 Å². The van der Waals surface area contributed by atoms with E-state index in [9.17, 15) is 35.3 Å². The summed E-state index contributed by atoms with van der Waals surface area (Å²) in [5, 5.41) is 4.52. The van der Waals surface area contributed by atoms with Gasteiger partial charge in [0.2, 0.25) is 6.10 Å². The summed E-state index contributed by atoms with van der Waals surface area (Å²) in [6, 6.07) is 15.9. The summed E-state index contributed by atoms with van der Waals surface area (Å²) in [6.07, 6.45) is -14.9. The molecule has 4 aromatic rings. The molecule has 2 heterocycles. The zero-order chi connectivity index (χ0) is 35.5. The van der Waals surface area contributed by atoms with E-state index in [-0.39, 0.29) is 23.6 Å². The average Bonchev–Trinajstić information content (AvgIpc) is 3.48. The number of alkyl halides is 6. The van der Waals surface area contributed by atoms with E-state index in [0.717, 1.165) is 11.3 Å². The number of methoxy groups -OCH3 is 3. The number of nitrogens with one attached hydrogen (secondary N) is 1. The fourth-order valence-electron chi connectivity index (χ4n) is 5.57. The fourth-order valence-corrected chi connectivity index (χ4v) is 6.66. The van der Waals surface area contributed by atoms with Crippen molar-refractivity contribution in [3.05, 3.63) is 54.6 Å². The molecule has 17 heteroatoms. The van der Waals surface area contributed by atoms with Gasteiger partial charge in [0.25, 0.3) is 0 Å². The fraction of sp³-hybridized carbons (Fsp3) is 0.375. The number of halogens is 6. The molecule has 0 amide bonds. The molecule has 0 bridgehead atoms. The molecule has 1 aliphatic rings. The Kier molecular flexibility index (Phi) is 10.6. The summed E-state index contributed by atoms with van der Waals surface area (Å²) >= 11 is 0. The topological polar surface area (TPSA) is 112 Å². The summed E-state index contributed by atoms with van der Waals surface area (Å²) in [4.78, 5) is 14.7. The summed E-state index contributed by atoms with van der Waals surface area (Å²) in [5.41, 5.74) is 2.59. The summed E-state index contributed by atoms with van der Waals surface area (Å²) < 4.78 is 119. The predicted octanol–water partition coefficient (Wildman–Crippen LogP) is 6.95. The molecule has 1 atom stereocenters. The van der Waals surface area contributed by atoms with Crippen LogP contribution in [0.25, 0.3) is 22.1 Å². The van der Waals surface area contributed by atoms with Crippen LogP contribution in [0.15, 0.2) is 64.0 Å². The highest BCUT2D eigenvalue weighted by atomic mass is 32.2. The number of benzene rings is 3. The zero-order valence-corrected chi connectivity index (χ0v) is 27.1. The van der Waals surface area contributed by atoms with Gasteiger partial charge in [-0.15, -0.1) is 0 Å². The van der Waals surface area contributed by atoms with Crippen molar-refractivity contribution in [2.45, 2.75) is 36.2 Å². The third kappa shape index (κ3) is 7.88. The van der Waals surface area contributed by atoms with E-state index < -0.39 is 47.8 Å². The Morgan fingerprint density at radius 3 is 2.12 bits per heavy atom. The van der Waals surface area contributed by atoms with Crippen molar-refractivity contribution in [3.8, 4) is 28.4 Å². The summed E-state index contributed by atoms with van der Waals surface area (Å²) in [5.74, 6) is -0.312. The van der Waals surface area contributed by atoms with E-state index in [1.165, 1.54) is 21.3 Å². The number of piperidine rings is 1. The minimum Gasteiger partial charge on any atom is -0.496 e. The first-order valence-corrected chi connectivity index (χ1v) is 15.9. The van der Waals surface area contributed by atoms with Gasteiger partial charge >= 0.3 is 12.4 Å². The molecule has 0 aliphatic carbocycles. The smallest absolute Gasteiger partial charge is 0.423 e. The van der Waals surface area contributed by atoms with E-state index >= 15 is 0 Å². The Bertz CT molecular complexity index is 1790. The Morgan fingerprint density at radius 1 is 0.918 bits per heavy atom. The van der Waals surface area contributed by atoms with Gasteiger partial charge in [-0.2, -0.15) is 26.3 Å². The lowest BCUT2D eigenvalue weighted by molar-refractivity contribution is -0.319. The van der Waals surface area contributed by atoms with Crippen LogP contribution < -0.4 is 23.8 Å². The van der Waals surface area contributed by atoms with Crippen molar-refractivity contribution in [1.29, 1.82) is 0 Å². The molecule has 1 aliphatic heterocycles. The van der Waals surface area contributed by atoms with Crippen LogP contribution in [-0.2, 0) is 20.5 Å². The molecular weight excluding hydrogens is 684 g/mol. The van der Waals surface area contributed by atoms with Crippen LogP contribution in [-0.4, -0.2) is 74.6 Å². The van der Waals surface area contributed by atoms with E-state index in [1.54, 1.807) is 30.3 Å². The van der Waals surface area contributed by atoms with Crippen molar-refractivity contribution in [2.24, 2.45) is 5.92 Å². The second-order valence-corrected chi connectivity index (χ2v) is 12.1. The molecule has 0 saturated carbocycles. The van der Waals surface area contributed by atoms with Gasteiger partial charge in [-0.25, -0.2) is 4.21 Å². The van der Waals surface area contributed by atoms with Crippen molar-refractivity contribution in [2.75, 3.05) is 50.6 Å². The van der Waals surface area contributed by atoms with Crippen LogP contribution in [0.1, 0.15) is 12.8 Å². The first kappa shape index (κ1) is 35.8. The molecule has 1 N–H and O–H groups in total. The number of anilines is 2. The van der Waals surface area contributed by atoms with Crippen LogP contribution in [0, 0.1) is 5.92 Å². The minimum absolute atomic E-state index is 0.161. The summed E-state index contributed by atoms with van der Waals surface area (Å²) in [6.45, 7) is -0.595. The van der Waals surface area contributed by atoms with E-state index in [1.807, 2.05) is 29.2 Å². The number of carbonyl (C=O) groups is 1. The Morgan fingerprint density at radius 2 is 1.53 bits per heavy atom. The van der Waals surface area contributed by atoms with Crippen molar-refractivity contribution < 1.29 is 58.8 Å². The second-order valence-electron chi connectivity index (χ2n) is 11.0. The largest absolute Gasteiger partial charge is 0.496 e. The number of hydrogen-bond acceptors (Lipinski definition) is 9. The molecule has 1 fully saturated rings. The lowest BCUT2D eigenvalue weighted by Gasteiger charge is -2.33. The summed E-state index contributed by atoms with van der Waals surface area (Å²) in [7, 11) is 2.50. The predicted molar refractivity (Wildman–Crippen MR) is 167 cm³/mol. The lowest BCUT2D eigenvalue weighted by Crippen LogP contribution is -2.46. The number of nitrogens with zero attached hydrogens (tertiary/aromatic N) is 2. The molecule has 1 unspecified atom stereocenters. The van der Waals surface area contributed by atoms with Gasteiger partial charge in [0, 0.05) is 24.7 Å². The molecule has 49 heavy (non-hydrogen) atoms. The van der Waals surface area contributed by atoms with Crippen LogP contribution in [0.4, 0.5) is 37.8 Å². The standard InChI is InChI=1S/C32H31F6N3O7S/c1-44-23-8-5-9-24(45-2)28(23)49(43)40-29-27-25(46-3)15-20(16-26(27)48-39-29)19-6-4-7-21(14-19)41-12-10-18(11-13-41)22(42)17-47-30(31(33,34)35)32(36,37)38/h4-9,14-16,18,30H,10-13,17H2,1-3H3,(H,39,40). The van der Waals surface area contributed by atoms with Gasteiger partial charge < -0.3 is 28.4 Å². The average molecular weight is 716 g/mol. The third-order valence-corrected chi connectivity index (χ3v) is 9.15. The number of Topliss-reactive ketones (excluding diaryl/α,β-unsaturated/α-hetero) is 1. The molecule has 0 spiro atoms. The van der Waals surface area contributed by atoms with Gasteiger partial charge in [0.15, 0.2) is 28.2 Å². The monoisotopic (exact) mass is 715 g/mol.